The Hall–Kier alpha value is -0.370. The Morgan fingerprint density at radius 3 is 2.42 bits per heavy atom. The van der Waals surface area contributed by atoms with E-state index in [1.165, 1.54) is 12.8 Å². The molecule has 0 atom stereocenters. The number of carbonyl (C=O) groups excluding carboxylic acids is 1. The van der Waals surface area contributed by atoms with Crippen molar-refractivity contribution in [3.05, 3.63) is 0 Å². The van der Waals surface area contributed by atoms with Gasteiger partial charge in [-0.3, -0.25) is 4.79 Å². The maximum Gasteiger partial charge on any atom is 0.155 e. The van der Waals surface area contributed by atoms with Gasteiger partial charge in [0.25, 0.3) is 0 Å². The third-order valence-electron chi connectivity index (χ3n) is 2.49. The van der Waals surface area contributed by atoms with E-state index < -0.39 is 0 Å². The van der Waals surface area contributed by atoms with Crippen LogP contribution < -0.4 is 0 Å². The smallest absolute Gasteiger partial charge is 0.155 e. The number of rotatable bonds is 3. The van der Waals surface area contributed by atoms with Gasteiger partial charge >= 0.3 is 0 Å². The highest BCUT2D eigenvalue weighted by atomic mass is 16.5. The maximum absolute atomic E-state index is 10.6. The van der Waals surface area contributed by atoms with Crippen LogP contribution >= 0.6 is 0 Å². The molecule has 0 aromatic heterocycles. The molecule has 2 heteroatoms. The van der Waals surface area contributed by atoms with Crippen LogP contribution in [-0.4, -0.2) is 18.5 Å². The van der Waals surface area contributed by atoms with E-state index in [9.17, 15) is 4.79 Å². The summed E-state index contributed by atoms with van der Waals surface area (Å²) in [5.74, 6) is 0.982. The minimum atomic E-state index is 0.133. The van der Waals surface area contributed by atoms with Gasteiger partial charge in [0.1, 0.15) is 6.61 Å². The second-order valence-corrected chi connectivity index (χ2v) is 3.89. The zero-order valence-corrected chi connectivity index (χ0v) is 8.01. The number of ketones is 1. The Kier molecular flexibility index (Phi) is 3.73. The van der Waals surface area contributed by atoms with Crippen LogP contribution in [0.1, 0.15) is 39.5 Å². The van der Waals surface area contributed by atoms with E-state index in [4.69, 9.17) is 4.74 Å². The van der Waals surface area contributed by atoms with Gasteiger partial charge in [-0.1, -0.05) is 6.92 Å². The summed E-state index contributed by atoms with van der Waals surface area (Å²) in [7, 11) is 0. The monoisotopic (exact) mass is 170 g/mol. The van der Waals surface area contributed by atoms with Crippen LogP contribution in [0.3, 0.4) is 0 Å². The highest BCUT2D eigenvalue weighted by molar-refractivity contribution is 5.76. The number of hydrogen-bond acceptors (Lipinski definition) is 2. The fourth-order valence-electron chi connectivity index (χ4n) is 1.63. The fraction of sp³-hybridized carbons (Fsp3) is 0.900. The molecule has 0 aromatic rings. The summed E-state index contributed by atoms with van der Waals surface area (Å²) in [4.78, 5) is 10.6. The predicted octanol–water partition coefficient (Wildman–Crippen LogP) is 2.17. The van der Waals surface area contributed by atoms with Crippen LogP contribution in [0.5, 0.6) is 0 Å². The lowest BCUT2D eigenvalue weighted by molar-refractivity contribution is -0.124. The summed E-state index contributed by atoms with van der Waals surface area (Å²) in [5, 5.41) is 0. The van der Waals surface area contributed by atoms with Crippen molar-refractivity contribution in [3.63, 3.8) is 0 Å². The summed E-state index contributed by atoms with van der Waals surface area (Å²) in [6, 6.07) is 0. The summed E-state index contributed by atoms with van der Waals surface area (Å²) >= 11 is 0. The largest absolute Gasteiger partial charge is 0.370 e. The Bertz CT molecular complexity index is 146. The van der Waals surface area contributed by atoms with Gasteiger partial charge in [0.05, 0.1) is 6.10 Å². The van der Waals surface area contributed by atoms with Crippen LogP contribution in [0.15, 0.2) is 0 Å². The molecule has 70 valence electrons. The van der Waals surface area contributed by atoms with Crippen LogP contribution in [0, 0.1) is 5.92 Å². The second-order valence-electron chi connectivity index (χ2n) is 3.89. The first-order chi connectivity index (χ1) is 5.68. The Labute approximate surface area is 74.3 Å². The molecule has 1 saturated carbocycles. The Balaban J connectivity index is 2.13. The summed E-state index contributed by atoms with van der Waals surface area (Å²) in [6.45, 7) is 4.16. The van der Waals surface area contributed by atoms with Gasteiger partial charge < -0.3 is 4.74 Å². The molecule has 12 heavy (non-hydrogen) atoms. The molecule has 0 aliphatic heterocycles. The molecule has 1 aliphatic carbocycles. The lowest BCUT2D eigenvalue weighted by Gasteiger charge is -2.25. The lowest BCUT2D eigenvalue weighted by atomic mass is 9.89. The number of hydrogen-bond donors (Lipinski definition) is 0. The van der Waals surface area contributed by atoms with Gasteiger partial charge in [0.15, 0.2) is 5.78 Å². The van der Waals surface area contributed by atoms with Gasteiger partial charge in [-0.25, -0.2) is 0 Å². The van der Waals surface area contributed by atoms with E-state index in [1.54, 1.807) is 6.92 Å². The topological polar surface area (TPSA) is 26.3 Å². The first-order valence-electron chi connectivity index (χ1n) is 4.79. The minimum absolute atomic E-state index is 0.133. The average Bonchev–Trinajstić information content (AvgIpc) is 2.03. The van der Waals surface area contributed by atoms with Crippen molar-refractivity contribution in [2.45, 2.75) is 45.6 Å². The molecular weight excluding hydrogens is 152 g/mol. The molecule has 0 bridgehead atoms. The molecule has 0 amide bonds. The zero-order valence-electron chi connectivity index (χ0n) is 8.01. The molecule has 0 spiro atoms. The molecule has 0 saturated heterocycles. The Morgan fingerprint density at radius 1 is 1.33 bits per heavy atom. The SMILES string of the molecule is CC(=O)COC1CCC(C)CC1. The summed E-state index contributed by atoms with van der Waals surface area (Å²) < 4.78 is 5.44. The van der Waals surface area contributed by atoms with Gasteiger partial charge in [0.2, 0.25) is 0 Å². The van der Waals surface area contributed by atoms with Crippen LogP contribution in [0.4, 0.5) is 0 Å². The number of carbonyl (C=O) groups is 1. The molecule has 0 radical (unpaired) electrons. The average molecular weight is 170 g/mol. The molecule has 2 nitrogen and oxygen atoms in total. The second kappa shape index (κ2) is 4.61. The van der Waals surface area contributed by atoms with Crippen LogP contribution in [0.25, 0.3) is 0 Å². The van der Waals surface area contributed by atoms with Gasteiger partial charge in [-0.15, -0.1) is 0 Å². The third-order valence-corrected chi connectivity index (χ3v) is 2.49. The highest BCUT2D eigenvalue weighted by Crippen LogP contribution is 2.25. The molecule has 1 fully saturated rings. The fourth-order valence-corrected chi connectivity index (χ4v) is 1.63. The maximum atomic E-state index is 10.6. The van der Waals surface area contributed by atoms with Crippen molar-refractivity contribution in [1.29, 1.82) is 0 Å². The first kappa shape index (κ1) is 9.72. The van der Waals surface area contributed by atoms with Crippen molar-refractivity contribution >= 4 is 5.78 Å². The van der Waals surface area contributed by atoms with Crippen molar-refractivity contribution in [2.75, 3.05) is 6.61 Å². The quantitative estimate of drug-likeness (QED) is 0.649. The molecule has 0 unspecified atom stereocenters. The van der Waals surface area contributed by atoms with Crippen molar-refractivity contribution in [3.8, 4) is 0 Å². The van der Waals surface area contributed by atoms with Crippen molar-refractivity contribution < 1.29 is 9.53 Å². The highest BCUT2D eigenvalue weighted by Gasteiger charge is 2.18. The van der Waals surface area contributed by atoms with E-state index in [-0.39, 0.29) is 5.78 Å². The van der Waals surface area contributed by atoms with Crippen molar-refractivity contribution in [1.82, 2.24) is 0 Å². The van der Waals surface area contributed by atoms with E-state index in [0.29, 0.717) is 12.7 Å². The van der Waals surface area contributed by atoms with Crippen LogP contribution in [-0.2, 0) is 9.53 Å². The molecule has 0 N–H and O–H groups in total. The first-order valence-corrected chi connectivity index (χ1v) is 4.79. The molecular formula is C10H18O2. The van der Waals surface area contributed by atoms with Gasteiger partial charge in [-0.05, 0) is 38.5 Å². The van der Waals surface area contributed by atoms with E-state index >= 15 is 0 Å². The summed E-state index contributed by atoms with van der Waals surface area (Å²) in [5.41, 5.74) is 0. The third kappa shape index (κ3) is 3.35. The normalized spacial score (nSPS) is 30.2. The minimum Gasteiger partial charge on any atom is -0.370 e. The summed E-state index contributed by atoms with van der Waals surface area (Å²) in [6.07, 6.45) is 5.12. The van der Waals surface area contributed by atoms with E-state index in [0.717, 1.165) is 18.8 Å². The van der Waals surface area contributed by atoms with E-state index in [1.807, 2.05) is 0 Å². The molecule has 1 aliphatic rings. The van der Waals surface area contributed by atoms with Gasteiger partial charge in [-0.2, -0.15) is 0 Å². The zero-order chi connectivity index (χ0) is 8.97. The standard InChI is InChI=1S/C10H18O2/c1-8-3-5-10(6-4-8)12-7-9(2)11/h8,10H,3-7H2,1-2H3. The van der Waals surface area contributed by atoms with Crippen LogP contribution in [0.2, 0.25) is 0 Å². The lowest BCUT2D eigenvalue weighted by Crippen LogP contribution is -2.22. The van der Waals surface area contributed by atoms with Gasteiger partial charge in [0, 0.05) is 0 Å². The molecule has 1 rings (SSSR count). The number of Topliss-reactive ketones (excluding diaryl/α,β-unsaturated/α-hetero) is 1. The molecule has 0 heterocycles. The predicted molar refractivity (Wildman–Crippen MR) is 48.1 cm³/mol. The molecule has 0 aromatic carbocycles. The van der Waals surface area contributed by atoms with E-state index in [2.05, 4.69) is 6.92 Å². The number of ether oxygens (including phenoxy) is 1. The van der Waals surface area contributed by atoms with Crippen molar-refractivity contribution in [2.24, 2.45) is 5.92 Å². The Morgan fingerprint density at radius 2 is 1.92 bits per heavy atom.